The van der Waals surface area contributed by atoms with E-state index in [0.29, 0.717) is 29.2 Å². The molecule has 10 heteroatoms. The molecule has 0 aliphatic heterocycles. The summed E-state index contributed by atoms with van der Waals surface area (Å²) < 4.78 is 16.5. The fourth-order valence-electron chi connectivity index (χ4n) is 2.86. The van der Waals surface area contributed by atoms with E-state index in [4.69, 9.17) is 14.2 Å². The Kier molecular flexibility index (Phi) is 8.49. The number of ether oxygens (including phenoxy) is 3. The minimum atomic E-state index is -0.896. The van der Waals surface area contributed by atoms with E-state index >= 15 is 0 Å². The lowest BCUT2D eigenvalue weighted by Crippen LogP contribution is -2.33. The van der Waals surface area contributed by atoms with Gasteiger partial charge in [-0.25, -0.2) is 10.2 Å². The van der Waals surface area contributed by atoms with Crippen molar-refractivity contribution in [3.8, 4) is 17.2 Å². The van der Waals surface area contributed by atoms with Crippen LogP contribution in [0.2, 0.25) is 0 Å². The zero-order chi connectivity index (χ0) is 25.2. The predicted molar refractivity (Wildman–Crippen MR) is 128 cm³/mol. The summed E-state index contributed by atoms with van der Waals surface area (Å²) in [5.41, 5.74) is 3.30. The first-order chi connectivity index (χ1) is 16.9. The first-order valence-corrected chi connectivity index (χ1v) is 10.7. The first-order valence-electron chi connectivity index (χ1n) is 10.7. The van der Waals surface area contributed by atoms with Crippen LogP contribution >= 0.6 is 0 Å². The number of hydrogen-bond donors (Lipinski definition) is 1. The second-order valence-electron chi connectivity index (χ2n) is 7.14. The number of hydrazone groups is 1. The average molecular weight is 477 g/mol. The summed E-state index contributed by atoms with van der Waals surface area (Å²) >= 11 is 0. The van der Waals surface area contributed by atoms with Crippen molar-refractivity contribution in [3.05, 3.63) is 94.0 Å². The first kappa shape index (κ1) is 24.9. The summed E-state index contributed by atoms with van der Waals surface area (Å²) in [6.45, 7) is 3.68. The summed E-state index contributed by atoms with van der Waals surface area (Å²) in [6, 6.07) is 18.8. The van der Waals surface area contributed by atoms with E-state index in [1.54, 1.807) is 55.5 Å². The summed E-state index contributed by atoms with van der Waals surface area (Å²) in [5, 5.41) is 14.6. The highest BCUT2D eigenvalue weighted by Crippen LogP contribution is 2.29. The Morgan fingerprint density at radius 1 is 1.06 bits per heavy atom. The van der Waals surface area contributed by atoms with E-state index in [1.807, 2.05) is 0 Å². The molecule has 3 aromatic rings. The molecular formula is C25H23N3O7. The molecule has 3 rings (SSSR count). The maximum atomic E-state index is 12.4. The lowest BCUT2D eigenvalue weighted by Gasteiger charge is -2.13. The molecule has 3 aromatic carbocycles. The Morgan fingerprint density at radius 2 is 1.77 bits per heavy atom. The fraction of sp³-hybridized carbons (Fsp3) is 0.160. The van der Waals surface area contributed by atoms with Crippen molar-refractivity contribution in [3.63, 3.8) is 0 Å². The lowest BCUT2D eigenvalue weighted by molar-refractivity contribution is -0.384. The third-order valence-corrected chi connectivity index (χ3v) is 4.60. The Balaban J connectivity index is 1.60. The monoisotopic (exact) mass is 477 g/mol. The van der Waals surface area contributed by atoms with Gasteiger partial charge in [-0.15, -0.1) is 0 Å². The number of carbonyl (C=O) groups excluding carboxylic acids is 2. The number of benzene rings is 3. The normalized spacial score (nSPS) is 11.5. The lowest BCUT2D eigenvalue weighted by atomic mass is 10.2. The molecule has 1 N–H and O–H groups in total. The average Bonchev–Trinajstić information content (AvgIpc) is 2.86. The largest absolute Gasteiger partial charge is 0.490 e. The predicted octanol–water partition coefficient (Wildman–Crippen LogP) is 4.13. The summed E-state index contributed by atoms with van der Waals surface area (Å²) in [5.74, 6) is -0.113. The number of rotatable bonds is 10. The Bertz CT molecular complexity index is 1210. The quantitative estimate of drug-likeness (QED) is 0.153. The van der Waals surface area contributed by atoms with Crippen molar-refractivity contribution >= 4 is 23.8 Å². The van der Waals surface area contributed by atoms with Crippen LogP contribution in [-0.4, -0.2) is 35.7 Å². The van der Waals surface area contributed by atoms with Crippen molar-refractivity contribution in [2.45, 2.75) is 20.0 Å². The summed E-state index contributed by atoms with van der Waals surface area (Å²) in [7, 11) is 0. The van der Waals surface area contributed by atoms with Crippen LogP contribution in [0.3, 0.4) is 0 Å². The molecule has 0 radical (unpaired) electrons. The molecule has 1 amide bonds. The molecule has 0 aliphatic carbocycles. The second kappa shape index (κ2) is 11.9. The third-order valence-electron chi connectivity index (χ3n) is 4.60. The molecule has 1 atom stereocenters. The third kappa shape index (κ3) is 7.13. The van der Waals surface area contributed by atoms with Gasteiger partial charge in [0.05, 0.1) is 23.3 Å². The van der Waals surface area contributed by atoms with Gasteiger partial charge in [-0.2, -0.15) is 5.10 Å². The number of nitrogens with zero attached hydrogens (tertiary/aromatic N) is 2. The maximum Gasteiger partial charge on any atom is 0.343 e. The molecule has 10 nitrogen and oxygen atoms in total. The van der Waals surface area contributed by atoms with Crippen LogP contribution in [0.5, 0.6) is 17.2 Å². The second-order valence-corrected chi connectivity index (χ2v) is 7.14. The standard InChI is InChI=1S/C25H23N3O7/c1-3-33-23-15-18(9-14-22(23)35-25(30)19-7-5-4-6-8-19)16-26-27-24(29)17(2)34-21-12-10-20(11-13-21)28(31)32/h4-17H,3H2,1-2H3,(H,27,29)/b26-16+. The van der Waals surface area contributed by atoms with E-state index < -0.39 is 22.9 Å². The number of non-ortho nitro benzene ring substituents is 1. The Hall–Kier alpha value is -4.73. The molecule has 0 saturated carbocycles. The molecule has 0 spiro atoms. The number of hydrogen-bond acceptors (Lipinski definition) is 8. The van der Waals surface area contributed by atoms with Crippen LogP contribution in [0, 0.1) is 10.1 Å². The molecule has 0 aliphatic rings. The van der Waals surface area contributed by atoms with Gasteiger partial charge in [-0.3, -0.25) is 14.9 Å². The van der Waals surface area contributed by atoms with Crippen LogP contribution in [-0.2, 0) is 4.79 Å². The molecule has 0 fully saturated rings. The minimum Gasteiger partial charge on any atom is -0.490 e. The maximum absolute atomic E-state index is 12.4. The smallest absolute Gasteiger partial charge is 0.343 e. The number of amides is 1. The molecule has 0 saturated heterocycles. The molecule has 35 heavy (non-hydrogen) atoms. The number of nitro groups is 1. The highest BCUT2D eigenvalue weighted by atomic mass is 16.6. The number of esters is 1. The van der Waals surface area contributed by atoms with Gasteiger partial charge in [0.25, 0.3) is 11.6 Å². The summed E-state index contributed by atoms with van der Waals surface area (Å²) in [6.07, 6.45) is 0.509. The van der Waals surface area contributed by atoms with E-state index in [9.17, 15) is 19.7 Å². The molecule has 0 aromatic heterocycles. The van der Waals surface area contributed by atoms with Gasteiger partial charge in [0, 0.05) is 12.1 Å². The van der Waals surface area contributed by atoms with Crippen molar-refractivity contribution in [2.24, 2.45) is 5.10 Å². The van der Waals surface area contributed by atoms with E-state index in [0.717, 1.165) is 0 Å². The van der Waals surface area contributed by atoms with Gasteiger partial charge in [0.2, 0.25) is 0 Å². The molecule has 180 valence electrons. The van der Waals surface area contributed by atoms with Crippen LogP contribution in [0.25, 0.3) is 0 Å². The van der Waals surface area contributed by atoms with E-state index in [1.165, 1.54) is 37.4 Å². The van der Waals surface area contributed by atoms with Gasteiger partial charge in [-0.1, -0.05) is 18.2 Å². The molecule has 0 bridgehead atoms. The number of carbonyl (C=O) groups is 2. The zero-order valence-electron chi connectivity index (χ0n) is 19.0. The number of nitro benzene ring substituents is 1. The van der Waals surface area contributed by atoms with E-state index in [-0.39, 0.29) is 11.4 Å². The highest BCUT2D eigenvalue weighted by Gasteiger charge is 2.15. The van der Waals surface area contributed by atoms with Crippen LogP contribution in [0.4, 0.5) is 5.69 Å². The number of nitrogens with one attached hydrogen (secondary N) is 1. The van der Waals surface area contributed by atoms with Gasteiger partial charge in [-0.05, 0) is 61.9 Å². The van der Waals surface area contributed by atoms with Gasteiger partial charge < -0.3 is 14.2 Å². The van der Waals surface area contributed by atoms with Crippen LogP contribution < -0.4 is 19.6 Å². The van der Waals surface area contributed by atoms with Gasteiger partial charge >= 0.3 is 5.97 Å². The minimum absolute atomic E-state index is 0.0775. The van der Waals surface area contributed by atoms with Crippen LogP contribution in [0.1, 0.15) is 29.8 Å². The van der Waals surface area contributed by atoms with Crippen molar-refractivity contribution in [2.75, 3.05) is 6.61 Å². The Labute approximate surface area is 201 Å². The fourth-order valence-corrected chi connectivity index (χ4v) is 2.86. The van der Waals surface area contributed by atoms with Crippen molar-refractivity contribution in [1.82, 2.24) is 5.43 Å². The van der Waals surface area contributed by atoms with Crippen molar-refractivity contribution < 1.29 is 28.7 Å². The molecule has 0 heterocycles. The molecule has 1 unspecified atom stereocenters. The van der Waals surface area contributed by atoms with Crippen molar-refractivity contribution in [1.29, 1.82) is 0 Å². The SMILES string of the molecule is CCOc1cc(/C=N/NC(=O)C(C)Oc2ccc([N+](=O)[O-])cc2)ccc1OC(=O)c1ccccc1. The van der Waals surface area contributed by atoms with E-state index in [2.05, 4.69) is 10.5 Å². The molecular weight excluding hydrogens is 454 g/mol. The van der Waals surface area contributed by atoms with Gasteiger partial charge in [0.15, 0.2) is 17.6 Å². The topological polar surface area (TPSA) is 129 Å². The Morgan fingerprint density at radius 3 is 2.43 bits per heavy atom. The zero-order valence-corrected chi connectivity index (χ0v) is 19.0. The summed E-state index contributed by atoms with van der Waals surface area (Å²) in [4.78, 5) is 34.8. The highest BCUT2D eigenvalue weighted by molar-refractivity contribution is 5.91. The van der Waals surface area contributed by atoms with Gasteiger partial charge in [0.1, 0.15) is 5.75 Å². The van der Waals surface area contributed by atoms with Crippen LogP contribution in [0.15, 0.2) is 77.9 Å².